The molecule has 0 heterocycles. The summed E-state index contributed by atoms with van der Waals surface area (Å²) in [6.07, 6.45) is 0. The van der Waals surface area contributed by atoms with Crippen LogP contribution in [0.2, 0.25) is 0 Å². The van der Waals surface area contributed by atoms with Crippen molar-refractivity contribution in [2.45, 2.75) is 27.3 Å². The van der Waals surface area contributed by atoms with E-state index in [-0.39, 0.29) is 11.8 Å². The van der Waals surface area contributed by atoms with Crippen molar-refractivity contribution in [3.63, 3.8) is 0 Å². The van der Waals surface area contributed by atoms with Crippen molar-refractivity contribution in [3.8, 4) is 0 Å². The van der Waals surface area contributed by atoms with Crippen LogP contribution in [0.3, 0.4) is 0 Å². The van der Waals surface area contributed by atoms with Gasteiger partial charge in [0.1, 0.15) is 0 Å². The van der Waals surface area contributed by atoms with Crippen molar-refractivity contribution < 1.29 is 9.90 Å². The fraction of sp³-hybridized carbons (Fsp3) is 0.500. The first-order valence-corrected chi connectivity index (χ1v) is 5.99. The van der Waals surface area contributed by atoms with Crippen LogP contribution in [0.25, 0.3) is 0 Å². The fourth-order valence-electron chi connectivity index (χ4n) is 1.80. The van der Waals surface area contributed by atoms with Gasteiger partial charge in [0.2, 0.25) is 0 Å². The number of aryl methyl sites for hydroxylation is 1. The average molecular weight is 235 g/mol. The van der Waals surface area contributed by atoms with Gasteiger partial charge in [-0.3, -0.25) is 4.79 Å². The van der Waals surface area contributed by atoms with Crippen LogP contribution in [0.1, 0.15) is 25.0 Å². The molecule has 0 aromatic heterocycles. The molecule has 1 aromatic rings. The number of rotatable bonds is 6. The van der Waals surface area contributed by atoms with Gasteiger partial charge in [0.15, 0.2) is 0 Å². The lowest BCUT2D eigenvalue weighted by molar-refractivity contribution is -0.143. The number of hydrogen-bond acceptors (Lipinski definition) is 2. The molecule has 3 heteroatoms. The summed E-state index contributed by atoms with van der Waals surface area (Å²) in [5.74, 6) is -0.894. The van der Waals surface area contributed by atoms with Crippen molar-refractivity contribution >= 4 is 5.97 Å². The molecule has 0 radical (unpaired) electrons. The highest BCUT2D eigenvalue weighted by Crippen LogP contribution is 2.10. The van der Waals surface area contributed by atoms with E-state index in [9.17, 15) is 4.79 Å². The third-order valence-corrected chi connectivity index (χ3v) is 2.90. The maximum Gasteiger partial charge on any atom is 0.308 e. The molecule has 1 atom stereocenters. The lowest BCUT2D eigenvalue weighted by Gasteiger charge is -2.16. The van der Waals surface area contributed by atoms with Crippen LogP contribution in [-0.2, 0) is 11.3 Å². The third kappa shape index (κ3) is 4.57. The van der Waals surface area contributed by atoms with Crippen LogP contribution in [0.4, 0.5) is 0 Å². The third-order valence-electron chi connectivity index (χ3n) is 2.90. The van der Waals surface area contributed by atoms with Crippen molar-refractivity contribution in [3.05, 3.63) is 35.4 Å². The Morgan fingerprint density at radius 1 is 1.41 bits per heavy atom. The highest BCUT2D eigenvalue weighted by molar-refractivity contribution is 5.70. The normalized spacial score (nSPS) is 12.7. The largest absolute Gasteiger partial charge is 0.481 e. The number of carboxylic acids is 1. The molecule has 1 rings (SSSR count). The monoisotopic (exact) mass is 235 g/mol. The van der Waals surface area contributed by atoms with Gasteiger partial charge in [-0.25, -0.2) is 0 Å². The molecule has 0 saturated carbocycles. The number of carbonyl (C=O) groups is 1. The lowest BCUT2D eigenvalue weighted by Crippen LogP contribution is -2.31. The van der Waals surface area contributed by atoms with Crippen LogP contribution in [-0.4, -0.2) is 17.6 Å². The van der Waals surface area contributed by atoms with Gasteiger partial charge >= 0.3 is 5.97 Å². The molecular weight excluding hydrogens is 214 g/mol. The number of benzene rings is 1. The molecule has 0 fully saturated rings. The predicted molar refractivity (Wildman–Crippen MR) is 68.8 cm³/mol. The number of aliphatic carboxylic acids is 1. The number of carboxylic acid groups (broad SMARTS) is 1. The Morgan fingerprint density at radius 2 is 2.12 bits per heavy atom. The van der Waals surface area contributed by atoms with E-state index in [1.54, 1.807) is 0 Å². The maximum absolute atomic E-state index is 11.0. The summed E-state index contributed by atoms with van der Waals surface area (Å²) < 4.78 is 0. The second-order valence-electron chi connectivity index (χ2n) is 4.81. The van der Waals surface area contributed by atoms with Crippen LogP contribution in [0.5, 0.6) is 0 Å². The van der Waals surface area contributed by atoms with E-state index in [1.165, 1.54) is 11.1 Å². The highest BCUT2D eigenvalue weighted by Gasteiger charge is 2.20. The smallest absolute Gasteiger partial charge is 0.308 e. The van der Waals surface area contributed by atoms with Crippen LogP contribution >= 0.6 is 0 Å². The van der Waals surface area contributed by atoms with E-state index in [4.69, 9.17) is 5.11 Å². The van der Waals surface area contributed by atoms with E-state index in [0.29, 0.717) is 6.54 Å². The predicted octanol–water partition coefficient (Wildman–Crippen LogP) is 2.44. The zero-order valence-corrected chi connectivity index (χ0v) is 10.7. The second kappa shape index (κ2) is 6.40. The molecule has 3 nitrogen and oxygen atoms in total. The van der Waals surface area contributed by atoms with Gasteiger partial charge in [-0.05, 0) is 18.4 Å². The molecule has 0 aliphatic rings. The Bertz CT molecular complexity index is 374. The summed E-state index contributed by atoms with van der Waals surface area (Å²) in [5.41, 5.74) is 2.42. The SMILES string of the molecule is Cc1cccc(CNCC(C(=O)O)C(C)C)c1. The summed E-state index contributed by atoms with van der Waals surface area (Å²) in [4.78, 5) is 11.0. The molecule has 0 aliphatic heterocycles. The first kappa shape index (κ1) is 13.7. The molecule has 0 spiro atoms. The topological polar surface area (TPSA) is 49.3 Å². The zero-order chi connectivity index (χ0) is 12.8. The Balaban J connectivity index is 2.44. The van der Waals surface area contributed by atoms with Crippen LogP contribution < -0.4 is 5.32 Å². The molecule has 1 unspecified atom stereocenters. The van der Waals surface area contributed by atoms with Crippen molar-refractivity contribution in [2.75, 3.05) is 6.54 Å². The minimum atomic E-state index is -0.725. The fourth-order valence-corrected chi connectivity index (χ4v) is 1.80. The van der Waals surface area contributed by atoms with Gasteiger partial charge in [0, 0.05) is 13.1 Å². The summed E-state index contributed by atoms with van der Waals surface area (Å²) >= 11 is 0. The van der Waals surface area contributed by atoms with Gasteiger partial charge < -0.3 is 10.4 Å². The molecule has 17 heavy (non-hydrogen) atoms. The van der Waals surface area contributed by atoms with E-state index < -0.39 is 5.97 Å². The molecule has 0 bridgehead atoms. The quantitative estimate of drug-likeness (QED) is 0.796. The van der Waals surface area contributed by atoms with Crippen molar-refractivity contribution in [1.82, 2.24) is 5.32 Å². The number of hydrogen-bond donors (Lipinski definition) is 2. The first-order valence-electron chi connectivity index (χ1n) is 5.99. The Kier molecular flexibility index (Phi) is 5.16. The van der Waals surface area contributed by atoms with Gasteiger partial charge in [0.05, 0.1) is 5.92 Å². The molecule has 0 saturated heterocycles. The minimum absolute atomic E-state index is 0.150. The molecule has 0 amide bonds. The van der Waals surface area contributed by atoms with Gasteiger partial charge in [-0.1, -0.05) is 43.7 Å². The van der Waals surface area contributed by atoms with E-state index >= 15 is 0 Å². The Morgan fingerprint density at radius 3 is 2.65 bits per heavy atom. The molecule has 2 N–H and O–H groups in total. The molecule has 94 valence electrons. The van der Waals surface area contributed by atoms with E-state index in [2.05, 4.69) is 24.4 Å². The van der Waals surface area contributed by atoms with Gasteiger partial charge in [0.25, 0.3) is 0 Å². The number of nitrogens with one attached hydrogen (secondary N) is 1. The first-order chi connectivity index (χ1) is 8.00. The summed E-state index contributed by atoms with van der Waals surface area (Å²) in [7, 11) is 0. The van der Waals surface area contributed by atoms with Crippen LogP contribution in [0, 0.1) is 18.8 Å². The molecular formula is C14H21NO2. The summed E-state index contributed by atoms with van der Waals surface area (Å²) in [6.45, 7) is 7.16. The van der Waals surface area contributed by atoms with Crippen molar-refractivity contribution in [1.29, 1.82) is 0 Å². The molecule has 1 aromatic carbocycles. The van der Waals surface area contributed by atoms with E-state index in [0.717, 1.165) is 6.54 Å². The highest BCUT2D eigenvalue weighted by atomic mass is 16.4. The average Bonchev–Trinajstić information content (AvgIpc) is 2.23. The molecule has 0 aliphatic carbocycles. The maximum atomic E-state index is 11.0. The van der Waals surface area contributed by atoms with Gasteiger partial charge in [-0.2, -0.15) is 0 Å². The zero-order valence-electron chi connectivity index (χ0n) is 10.7. The minimum Gasteiger partial charge on any atom is -0.481 e. The summed E-state index contributed by atoms with van der Waals surface area (Å²) in [5, 5.41) is 12.3. The summed E-state index contributed by atoms with van der Waals surface area (Å²) in [6, 6.07) is 8.23. The Labute approximate surface area is 103 Å². The second-order valence-corrected chi connectivity index (χ2v) is 4.81. The van der Waals surface area contributed by atoms with Crippen molar-refractivity contribution in [2.24, 2.45) is 11.8 Å². The standard InChI is InChI=1S/C14H21NO2/c1-10(2)13(14(16)17)9-15-8-12-6-4-5-11(3)7-12/h4-7,10,13,15H,8-9H2,1-3H3,(H,16,17). The Hall–Kier alpha value is -1.35. The lowest BCUT2D eigenvalue weighted by atomic mass is 9.96. The van der Waals surface area contributed by atoms with Crippen LogP contribution in [0.15, 0.2) is 24.3 Å². The van der Waals surface area contributed by atoms with E-state index in [1.807, 2.05) is 26.0 Å². The van der Waals surface area contributed by atoms with Gasteiger partial charge in [-0.15, -0.1) is 0 Å².